The molecule has 1 aliphatic rings. The minimum Gasteiger partial charge on any atom is -0.457 e. The minimum atomic E-state index is 0.575. The SMILES string of the molecule is Clc1ccc(Oc2ccc3nc(-n4cccn4)nc(N4CCCC4)c3c2)cc1. The molecule has 0 atom stereocenters. The van der Waals surface area contributed by atoms with Crippen LogP contribution in [0.2, 0.25) is 5.02 Å². The second kappa shape index (κ2) is 7.13. The molecule has 0 bridgehead atoms. The first-order valence-electron chi connectivity index (χ1n) is 9.26. The molecule has 28 heavy (non-hydrogen) atoms. The minimum absolute atomic E-state index is 0.575. The molecule has 3 heterocycles. The van der Waals surface area contributed by atoms with E-state index in [1.54, 1.807) is 10.9 Å². The molecule has 0 saturated carbocycles. The average Bonchev–Trinajstić information content (AvgIpc) is 3.43. The first kappa shape index (κ1) is 17.0. The molecule has 0 radical (unpaired) electrons. The van der Waals surface area contributed by atoms with E-state index in [0.717, 1.165) is 41.3 Å². The normalized spacial score (nSPS) is 14.0. The summed E-state index contributed by atoms with van der Waals surface area (Å²) in [7, 11) is 0. The Labute approximate surface area is 167 Å². The molecule has 6 nitrogen and oxygen atoms in total. The standard InChI is InChI=1S/C21H18ClN5O/c22-15-4-6-16(7-5-15)28-17-8-9-19-18(14-17)20(26-11-1-2-12-26)25-21(24-19)27-13-3-10-23-27/h3-10,13-14H,1-2,11-12H2. The second-order valence-corrected chi connectivity index (χ2v) is 7.16. The summed E-state index contributed by atoms with van der Waals surface area (Å²) in [5.74, 6) is 2.98. The van der Waals surface area contributed by atoms with Crippen LogP contribution < -0.4 is 9.64 Å². The summed E-state index contributed by atoms with van der Waals surface area (Å²) in [4.78, 5) is 11.8. The lowest BCUT2D eigenvalue weighted by Gasteiger charge is -2.19. The summed E-state index contributed by atoms with van der Waals surface area (Å²) < 4.78 is 7.70. The third-order valence-corrected chi connectivity index (χ3v) is 5.05. The number of aromatic nitrogens is 4. The monoisotopic (exact) mass is 391 g/mol. The number of fused-ring (bicyclic) bond motifs is 1. The highest BCUT2D eigenvalue weighted by Gasteiger charge is 2.19. The molecule has 1 saturated heterocycles. The molecule has 0 unspecified atom stereocenters. The number of benzene rings is 2. The quantitative estimate of drug-likeness (QED) is 0.497. The lowest BCUT2D eigenvalue weighted by Crippen LogP contribution is -2.20. The fourth-order valence-electron chi connectivity index (χ4n) is 3.44. The zero-order valence-electron chi connectivity index (χ0n) is 15.1. The highest BCUT2D eigenvalue weighted by Crippen LogP contribution is 2.32. The lowest BCUT2D eigenvalue weighted by atomic mass is 10.2. The summed E-state index contributed by atoms with van der Waals surface area (Å²) >= 11 is 5.96. The van der Waals surface area contributed by atoms with E-state index in [9.17, 15) is 0 Å². The highest BCUT2D eigenvalue weighted by molar-refractivity contribution is 6.30. The van der Waals surface area contributed by atoms with E-state index in [4.69, 9.17) is 26.3 Å². The van der Waals surface area contributed by atoms with Crippen LogP contribution in [0.4, 0.5) is 5.82 Å². The maximum atomic E-state index is 6.01. The van der Waals surface area contributed by atoms with Crippen LogP contribution in [-0.4, -0.2) is 32.8 Å². The van der Waals surface area contributed by atoms with E-state index in [-0.39, 0.29) is 0 Å². The molecular weight excluding hydrogens is 374 g/mol. The van der Waals surface area contributed by atoms with Gasteiger partial charge in [-0.25, -0.2) is 9.67 Å². The molecule has 2 aromatic carbocycles. The number of halogens is 1. The van der Waals surface area contributed by atoms with Crippen molar-refractivity contribution < 1.29 is 4.74 Å². The van der Waals surface area contributed by atoms with Gasteiger partial charge >= 0.3 is 0 Å². The van der Waals surface area contributed by atoms with Crippen LogP contribution in [0.15, 0.2) is 60.9 Å². The van der Waals surface area contributed by atoms with Gasteiger partial charge in [-0.2, -0.15) is 10.1 Å². The van der Waals surface area contributed by atoms with Gasteiger partial charge in [-0.3, -0.25) is 0 Å². The van der Waals surface area contributed by atoms with Gasteiger partial charge in [0.1, 0.15) is 17.3 Å². The second-order valence-electron chi connectivity index (χ2n) is 6.73. The number of rotatable bonds is 4. The first-order chi connectivity index (χ1) is 13.8. The summed E-state index contributed by atoms with van der Waals surface area (Å²) in [6, 6.07) is 15.1. The number of ether oxygens (including phenoxy) is 1. The van der Waals surface area contributed by atoms with Crippen molar-refractivity contribution in [1.82, 2.24) is 19.7 Å². The molecule has 7 heteroatoms. The largest absolute Gasteiger partial charge is 0.457 e. The molecule has 4 aromatic rings. The highest BCUT2D eigenvalue weighted by atomic mass is 35.5. The Morgan fingerprint density at radius 3 is 2.46 bits per heavy atom. The molecule has 0 N–H and O–H groups in total. The van der Waals surface area contributed by atoms with Gasteiger partial charge in [0, 0.05) is 35.9 Å². The predicted octanol–water partition coefficient (Wildman–Crippen LogP) is 4.86. The van der Waals surface area contributed by atoms with Gasteiger partial charge in [0.2, 0.25) is 0 Å². The molecule has 1 fully saturated rings. The van der Waals surface area contributed by atoms with Crippen LogP contribution in [0.5, 0.6) is 11.5 Å². The molecule has 0 aliphatic carbocycles. The summed E-state index contributed by atoms with van der Waals surface area (Å²) in [6.07, 6.45) is 5.92. The van der Waals surface area contributed by atoms with Crippen molar-refractivity contribution in [3.63, 3.8) is 0 Å². The van der Waals surface area contributed by atoms with Crippen LogP contribution in [-0.2, 0) is 0 Å². The Morgan fingerprint density at radius 2 is 1.71 bits per heavy atom. The fourth-order valence-corrected chi connectivity index (χ4v) is 3.57. The topological polar surface area (TPSA) is 56.1 Å². The zero-order valence-corrected chi connectivity index (χ0v) is 15.9. The van der Waals surface area contributed by atoms with Gasteiger partial charge in [0.15, 0.2) is 0 Å². The van der Waals surface area contributed by atoms with Crippen molar-refractivity contribution in [3.8, 4) is 17.4 Å². The average molecular weight is 392 g/mol. The summed E-state index contributed by atoms with van der Waals surface area (Å²) in [5, 5.41) is 5.94. The van der Waals surface area contributed by atoms with Gasteiger partial charge in [0.25, 0.3) is 5.95 Å². The van der Waals surface area contributed by atoms with E-state index in [1.165, 1.54) is 12.8 Å². The van der Waals surface area contributed by atoms with Crippen molar-refractivity contribution in [3.05, 3.63) is 65.9 Å². The van der Waals surface area contributed by atoms with Crippen LogP contribution >= 0.6 is 11.6 Å². The van der Waals surface area contributed by atoms with Crippen LogP contribution in [0.3, 0.4) is 0 Å². The number of hydrogen-bond acceptors (Lipinski definition) is 5. The number of nitrogens with zero attached hydrogens (tertiary/aromatic N) is 5. The van der Waals surface area contributed by atoms with E-state index >= 15 is 0 Å². The smallest absolute Gasteiger partial charge is 0.253 e. The van der Waals surface area contributed by atoms with E-state index in [0.29, 0.717) is 11.0 Å². The zero-order chi connectivity index (χ0) is 18.9. The van der Waals surface area contributed by atoms with Gasteiger partial charge in [0.05, 0.1) is 5.52 Å². The molecule has 5 rings (SSSR count). The van der Waals surface area contributed by atoms with Crippen molar-refractivity contribution >= 4 is 28.3 Å². The molecule has 1 aliphatic heterocycles. The lowest BCUT2D eigenvalue weighted by molar-refractivity contribution is 0.483. The Morgan fingerprint density at radius 1 is 0.929 bits per heavy atom. The number of anilines is 1. The Hall–Kier alpha value is -3.12. The third kappa shape index (κ3) is 3.27. The van der Waals surface area contributed by atoms with Crippen molar-refractivity contribution in [2.24, 2.45) is 0 Å². The van der Waals surface area contributed by atoms with Crippen LogP contribution in [0.25, 0.3) is 16.9 Å². The first-order valence-corrected chi connectivity index (χ1v) is 9.64. The molecule has 0 spiro atoms. The van der Waals surface area contributed by atoms with Crippen LogP contribution in [0, 0.1) is 0 Å². The summed E-state index contributed by atoms with van der Waals surface area (Å²) in [6.45, 7) is 1.99. The van der Waals surface area contributed by atoms with E-state index in [1.807, 2.05) is 54.7 Å². The maximum Gasteiger partial charge on any atom is 0.253 e. The van der Waals surface area contributed by atoms with Gasteiger partial charge in [-0.15, -0.1) is 0 Å². The third-order valence-electron chi connectivity index (χ3n) is 4.80. The van der Waals surface area contributed by atoms with E-state index < -0.39 is 0 Å². The van der Waals surface area contributed by atoms with Crippen molar-refractivity contribution in [2.75, 3.05) is 18.0 Å². The Bertz CT molecular complexity index is 1110. The van der Waals surface area contributed by atoms with Crippen LogP contribution in [0.1, 0.15) is 12.8 Å². The van der Waals surface area contributed by atoms with Gasteiger partial charge < -0.3 is 9.64 Å². The molecule has 2 aromatic heterocycles. The van der Waals surface area contributed by atoms with E-state index in [2.05, 4.69) is 10.00 Å². The van der Waals surface area contributed by atoms with Crippen molar-refractivity contribution in [2.45, 2.75) is 12.8 Å². The number of hydrogen-bond donors (Lipinski definition) is 0. The molecule has 140 valence electrons. The van der Waals surface area contributed by atoms with Gasteiger partial charge in [-0.05, 0) is 61.4 Å². The predicted molar refractivity (Wildman–Crippen MR) is 110 cm³/mol. The maximum absolute atomic E-state index is 6.01. The van der Waals surface area contributed by atoms with Crippen molar-refractivity contribution in [1.29, 1.82) is 0 Å². The fraction of sp³-hybridized carbons (Fsp3) is 0.190. The summed E-state index contributed by atoms with van der Waals surface area (Å²) in [5.41, 5.74) is 0.867. The Balaban J connectivity index is 1.59. The van der Waals surface area contributed by atoms with Gasteiger partial charge in [-0.1, -0.05) is 11.6 Å². The molecule has 0 amide bonds. The molecular formula is C21H18ClN5O. The Kier molecular flexibility index (Phi) is 4.33.